The molecule has 1 fully saturated rings. The molecule has 16 heavy (non-hydrogen) atoms. The Morgan fingerprint density at radius 3 is 2.81 bits per heavy atom. The smallest absolute Gasteiger partial charge is 0.193 e. The summed E-state index contributed by atoms with van der Waals surface area (Å²) in [6.45, 7) is 3.79. The van der Waals surface area contributed by atoms with Gasteiger partial charge in [-0.05, 0) is 37.9 Å². The summed E-state index contributed by atoms with van der Waals surface area (Å²) in [4.78, 5) is 14.4. The van der Waals surface area contributed by atoms with Crippen LogP contribution in [0.2, 0.25) is 0 Å². The Morgan fingerprint density at radius 1 is 1.56 bits per heavy atom. The van der Waals surface area contributed by atoms with Gasteiger partial charge in [-0.25, -0.2) is 0 Å². The third kappa shape index (κ3) is 2.53. The Morgan fingerprint density at radius 2 is 2.31 bits per heavy atom. The Hall–Kier alpha value is -1.09. The molecule has 3 nitrogen and oxygen atoms in total. The van der Waals surface area contributed by atoms with Gasteiger partial charge in [0.15, 0.2) is 5.78 Å². The van der Waals surface area contributed by atoms with E-state index >= 15 is 0 Å². The van der Waals surface area contributed by atoms with Gasteiger partial charge in [0.1, 0.15) is 0 Å². The first-order valence-corrected chi connectivity index (χ1v) is 6.11. The van der Waals surface area contributed by atoms with Gasteiger partial charge in [-0.15, -0.1) is 0 Å². The number of Topliss-reactive ketones (excluding diaryl/α,β-unsaturated/α-hetero) is 1. The quantitative estimate of drug-likeness (QED) is 0.686. The SMILES string of the molecule is CCCN(CC(=O)c1cccn1C)C1CC1. The Bertz CT molecular complexity index is 366. The third-order valence-electron chi connectivity index (χ3n) is 3.15. The first-order chi connectivity index (χ1) is 7.72. The number of aromatic nitrogens is 1. The predicted octanol–water partition coefficient (Wildman–Crippen LogP) is 2.08. The first-order valence-electron chi connectivity index (χ1n) is 6.11. The van der Waals surface area contributed by atoms with Gasteiger partial charge in [0.05, 0.1) is 12.2 Å². The molecule has 0 aliphatic heterocycles. The van der Waals surface area contributed by atoms with Crippen LogP contribution in [0.3, 0.4) is 0 Å². The first kappa shape index (κ1) is 11.4. The number of aryl methyl sites for hydroxylation is 1. The minimum atomic E-state index is 0.243. The van der Waals surface area contributed by atoms with E-state index < -0.39 is 0 Å². The van der Waals surface area contributed by atoms with E-state index in [0.717, 1.165) is 18.7 Å². The van der Waals surface area contributed by atoms with Crippen LogP contribution in [-0.2, 0) is 7.05 Å². The average Bonchev–Trinajstić information content (AvgIpc) is 3.00. The van der Waals surface area contributed by atoms with Crippen LogP contribution in [0.1, 0.15) is 36.7 Å². The maximum absolute atomic E-state index is 12.1. The normalized spacial score (nSPS) is 15.7. The lowest BCUT2D eigenvalue weighted by atomic mass is 10.2. The van der Waals surface area contributed by atoms with Crippen molar-refractivity contribution in [3.63, 3.8) is 0 Å². The Balaban J connectivity index is 1.97. The minimum Gasteiger partial charge on any atom is -0.348 e. The highest BCUT2D eigenvalue weighted by Gasteiger charge is 2.29. The molecule has 0 spiro atoms. The average molecular weight is 220 g/mol. The van der Waals surface area contributed by atoms with E-state index in [0.29, 0.717) is 12.6 Å². The topological polar surface area (TPSA) is 25.2 Å². The minimum absolute atomic E-state index is 0.243. The molecule has 88 valence electrons. The Labute approximate surface area is 97.1 Å². The van der Waals surface area contributed by atoms with Gasteiger partial charge in [0.25, 0.3) is 0 Å². The zero-order valence-electron chi connectivity index (χ0n) is 10.1. The molecule has 1 heterocycles. The standard InChI is InChI=1S/C13H20N2O/c1-3-8-15(11-6-7-11)10-13(16)12-5-4-9-14(12)2/h4-5,9,11H,3,6-8,10H2,1-2H3. The molecule has 0 atom stereocenters. The molecule has 2 rings (SSSR count). The van der Waals surface area contributed by atoms with E-state index in [9.17, 15) is 4.79 Å². The van der Waals surface area contributed by atoms with Crippen molar-refractivity contribution in [2.45, 2.75) is 32.2 Å². The van der Waals surface area contributed by atoms with Crippen LogP contribution < -0.4 is 0 Å². The second kappa shape index (κ2) is 4.83. The molecule has 3 heteroatoms. The highest BCUT2D eigenvalue weighted by atomic mass is 16.1. The summed E-state index contributed by atoms with van der Waals surface area (Å²) in [6, 6.07) is 4.50. The molecule has 1 aromatic rings. The van der Waals surface area contributed by atoms with Crippen LogP contribution in [-0.4, -0.2) is 34.4 Å². The summed E-state index contributed by atoms with van der Waals surface area (Å²) in [5, 5.41) is 0. The van der Waals surface area contributed by atoms with Crippen molar-refractivity contribution in [1.29, 1.82) is 0 Å². The third-order valence-corrected chi connectivity index (χ3v) is 3.15. The van der Waals surface area contributed by atoms with Crippen molar-refractivity contribution in [3.8, 4) is 0 Å². The zero-order chi connectivity index (χ0) is 11.5. The summed E-state index contributed by atoms with van der Waals surface area (Å²) in [5.74, 6) is 0.243. The van der Waals surface area contributed by atoms with Crippen molar-refractivity contribution in [2.24, 2.45) is 7.05 Å². The molecule has 0 saturated heterocycles. The van der Waals surface area contributed by atoms with Crippen LogP contribution >= 0.6 is 0 Å². The van der Waals surface area contributed by atoms with E-state index in [-0.39, 0.29) is 5.78 Å². The van der Waals surface area contributed by atoms with E-state index in [1.807, 2.05) is 29.9 Å². The largest absolute Gasteiger partial charge is 0.348 e. The van der Waals surface area contributed by atoms with Gasteiger partial charge in [0.2, 0.25) is 0 Å². The second-order valence-electron chi connectivity index (χ2n) is 4.63. The highest BCUT2D eigenvalue weighted by molar-refractivity contribution is 5.96. The number of ketones is 1. The van der Waals surface area contributed by atoms with E-state index in [2.05, 4.69) is 11.8 Å². The van der Waals surface area contributed by atoms with Gasteiger partial charge >= 0.3 is 0 Å². The lowest BCUT2D eigenvalue weighted by Crippen LogP contribution is -2.33. The van der Waals surface area contributed by atoms with Gasteiger partial charge in [0, 0.05) is 19.3 Å². The van der Waals surface area contributed by atoms with Gasteiger partial charge in [-0.2, -0.15) is 0 Å². The van der Waals surface area contributed by atoms with Crippen molar-refractivity contribution in [3.05, 3.63) is 24.0 Å². The summed E-state index contributed by atoms with van der Waals surface area (Å²) in [7, 11) is 1.93. The zero-order valence-corrected chi connectivity index (χ0v) is 10.1. The maximum atomic E-state index is 12.1. The summed E-state index contributed by atoms with van der Waals surface area (Å²) < 4.78 is 1.90. The van der Waals surface area contributed by atoms with Gasteiger partial charge in [-0.3, -0.25) is 9.69 Å². The predicted molar refractivity (Wildman–Crippen MR) is 64.6 cm³/mol. The van der Waals surface area contributed by atoms with E-state index in [4.69, 9.17) is 0 Å². The molecule has 0 radical (unpaired) electrons. The molecular formula is C13H20N2O. The van der Waals surface area contributed by atoms with Gasteiger partial charge < -0.3 is 4.57 Å². The summed E-state index contributed by atoms with van der Waals surface area (Å²) in [6.07, 6.45) is 5.58. The van der Waals surface area contributed by atoms with E-state index in [1.165, 1.54) is 12.8 Å². The fraction of sp³-hybridized carbons (Fsp3) is 0.615. The number of carbonyl (C=O) groups is 1. The molecule has 1 saturated carbocycles. The number of hydrogen-bond donors (Lipinski definition) is 0. The molecule has 0 N–H and O–H groups in total. The van der Waals surface area contributed by atoms with Crippen LogP contribution in [0.4, 0.5) is 0 Å². The van der Waals surface area contributed by atoms with Crippen LogP contribution in [0, 0.1) is 0 Å². The summed E-state index contributed by atoms with van der Waals surface area (Å²) in [5.41, 5.74) is 0.821. The molecule has 1 aromatic heterocycles. The molecule has 0 bridgehead atoms. The van der Waals surface area contributed by atoms with Crippen LogP contribution in [0.15, 0.2) is 18.3 Å². The fourth-order valence-corrected chi connectivity index (χ4v) is 2.13. The lowest BCUT2D eigenvalue weighted by molar-refractivity contribution is 0.0916. The van der Waals surface area contributed by atoms with Crippen molar-refractivity contribution in [2.75, 3.05) is 13.1 Å². The molecule has 1 aliphatic rings. The van der Waals surface area contributed by atoms with Crippen molar-refractivity contribution in [1.82, 2.24) is 9.47 Å². The second-order valence-corrected chi connectivity index (χ2v) is 4.63. The molecular weight excluding hydrogens is 200 g/mol. The molecule has 0 unspecified atom stereocenters. The number of hydrogen-bond acceptors (Lipinski definition) is 2. The molecule has 0 amide bonds. The van der Waals surface area contributed by atoms with Gasteiger partial charge in [-0.1, -0.05) is 6.92 Å². The number of rotatable bonds is 6. The van der Waals surface area contributed by atoms with Crippen molar-refractivity contribution < 1.29 is 4.79 Å². The van der Waals surface area contributed by atoms with Crippen LogP contribution in [0.5, 0.6) is 0 Å². The molecule has 0 aromatic carbocycles. The lowest BCUT2D eigenvalue weighted by Gasteiger charge is -2.20. The monoisotopic (exact) mass is 220 g/mol. The van der Waals surface area contributed by atoms with Crippen molar-refractivity contribution >= 4 is 5.78 Å². The maximum Gasteiger partial charge on any atom is 0.193 e. The fourth-order valence-electron chi connectivity index (χ4n) is 2.13. The number of carbonyl (C=O) groups excluding carboxylic acids is 1. The Kier molecular flexibility index (Phi) is 3.44. The van der Waals surface area contributed by atoms with Crippen LogP contribution in [0.25, 0.3) is 0 Å². The summed E-state index contributed by atoms with van der Waals surface area (Å²) >= 11 is 0. The molecule has 1 aliphatic carbocycles. The number of nitrogens with zero attached hydrogens (tertiary/aromatic N) is 2. The highest BCUT2D eigenvalue weighted by Crippen LogP contribution is 2.26. The van der Waals surface area contributed by atoms with E-state index in [1.54, 1.807) is 0 Å².